The third-order valence-electron chi connectivity index (χ3n) is 3.76. The first-order valence-corrected chi connectivity index (χ1v) is 7.53. The maximum atomic E-state index is 13.0. The molecule has 1 aromatic rings. The standard InChI is InChI=1S/C16H22FN3O2/c1-20-8-7-12(11-20)10-18-15(21)5-6-16(22)19-14-4-2-3-13(17)9-14/h2-4,9,12H,5-8,10-11H2,1H3,(H,18,21)(H,19,22)/t12-/m0/s1. The highest BCUT2D eigenvalue weighted by atomic mass is 19.1. The first kappa shape index (κ1) is 16.4. The number of benzene rings is 1. The molecular weight excluding hydrogens is 285 g/mol. The van der Waals surface area contributed by atoms with Gasteiger partial charge in [0.25, 0.3) is 0 Å². The number of rotatable bonds is 6. The van der Waals surface area contributed by atoms with Gasteiger partial charge in [-0.25, -0.2) is 4.39 Å². The second-order valence-corrected chi connectivity index (χ2v) is 5.78. The lowest BCUT2D eigenvalue weighted by atomic mass is 10.1. The van der Waals surface area contributed by atoms with Crippen LogP contribution in [0, 0.1) is 11.7 Å². The van der Waals surface area contributed by atoms with Crippen LogP contribution in [0.3, 0.4) is 0 Å². The van der Waals surface area contributed by atoms with Gasteiger partial charge >= 0.3 is 0 Å². The van der Waals surface area contributed by atoms with Gasteiger partial charge in [0.2, 0.25) is 11.8 Å². The highest BCUT2D eigenvalue weighted by Gasteiger charge is 2.19. The lowest BCUT2D eigenvalue weighted by Gasteiger charge is -2.11. The van der Waals surface area contributed by atoms with Gasteiger partial charge in [-0.3, -0.25) is 9.59 Å². The number of halogens is 1. The van der Waals surface area contributed by atoms with E-state index < -0.39 is 5.82 Å². The van der Waals surface area contributed by atoms with Gasteiger partial charge in [-0.2, -0.15) is 0 Å². The average molecular weight is 307 g/mol. The van der Waals surface area contributed by atoms with E-state index in [1.54, 1.807) is 6.07 Å². The Labute approximate surface area is 129 Å². The highest BCUT2D eigenvalue weighted by molar-refractivity contribution is 5.93. The van der Waals surface area contributed by atoms with Crippen molar-refractivity contribution >= 4 is 17.5 Å². The van der Waals surface area contributed by atoms with Crippen molar-refractivity contribution in [3.63, 3.8) is 0 Å². The molecule has 1 fully saturated rings. The van der Waals surface area contributed by atoms with Crippen molar-refractivity contribution in [2.75, 3.05) is 32.0 Å². The van der Waals surface area contributed by atoms with Crippen molar-refractivity contribution in [3.8, 4) is 0 Å². The Bertz CT molecular complexity index is 536. The average Bonchev–Trinajstić information content (AvgIpc) is 2.89. The molecule has 0 bridgehead atoms. The fourth-order valence-electron chi connectivity index (χ4n) is 2.56. The molecule has 2 amide bonds. The predicted octanol–water partition coefficient (Wildman–Crippen LogP) is 1.61. The zero-order valence-corrected chi connectivity index (χ0v) is 12.8. The summed E-state index contributed by atoms with van der Waals surface area (Å²) in [4.78, 5) is 25.7. The Morgan fingerprint density at radius 3 is 2.77 bits per heavy atom. The Morgan fingerprint density at radius 2 is 2.09 bits per heavy atom. The van der Waals surface area contributed by atoms with Crippen molar-refractivity contribution < 1.29 is 14.0 Å². The summed E-state index contributed by atoms with van der Waals surface area (Å²) in [6.45, 7) is 2.73. The molecule has 6 heteroatoms. The van der Waals surface area contributed by atoms with Crippen LogP contribution in [0.15, 0.2) is 24.3 Å². The Balaban J connectivity index is 1.64. The molecule has 5 nitrogen and oxygen atoms in total. The third kappa shape index (κ3) is 5.44. The maximum absolute atomic E-state index is 13.0. The highest BCUT2D eigenvalue weighted by Crippen LogP contribution is 2.13. The van der Waals surface area contributed by atoms with Gasteiger partial charge in [0.05, 0.1) is 0 Å². The largest absolute Gasteiger partial charge is 0.356 e. The van der Waals surface area contributed by atoms with Crippen LogP contribution in [0.5, 0.6) is 0 Å². The minimum atomic E-state index is -0.405. The van der Waals surface area contributed by atoms with Crippen LogP contribution in [0.4, 0.5) is 10.1 Å². The first-order valence-electron chi connectivity index (χ1n) is 7.53. The fraction of sp³-hybridized carbons (Fsp3) is 0.500. The quantitative estimate of drug-likeness (QED) is 0.839. The molecule has 1 heterocycles. The van der Waals surface area contributed by atoms with Crippen molar-refractivity contribution in [2.45, 2.75) is 19.3 Å². The molecule has 1 aromatic carbocycles. The van der Waals surface area contributed by atoms with E-state index in [1.807, 2.05) is 0 Å². The van der Waals surface area contributed by atoms with Gasteiger partial charge in [0, 0.05) is 31.6 Å². The maximum Gasteiger partial charge on any atom is 0.224 e. The van der Waals surface area contributed by atoms with Crippen molar-refractivity contribution in [1.82, 2.24) is 10.2 Å². The lowest BCUT2D eigenvalue weighted by Crippen LogP contribution is -2.31. The van der Waals surface area contributed by atoms with Crippen LogP contribution in [-0.4, -0.2) is 43.4 Å². The van der Waals surface area contributed by atoms with E-state index in [-0.39, 0.29) is 24.7 Å². The number of carbonyl (C=O) groups excluding carboxylic acids is 2. The van der Waals surface area contributed by atoms with E-state index in [0.29, 0.717) is 18.2 Å². The monoisotopic (exact) mass is 307 g/mol. The number of hydrogen-bond acceptors (Lipinski definition) is 3. The molecule has 0 saturated carbocycles. The first-order chi connectivity index (χ1) is 10.5. The lowest BCUT2D eigenvalue weighted by molar-refractivity contribution is -0.124. The van der Waals surface area contributed by atoms with Gasteiger partial charge in [0.1, 0.15) is 5.82 Å². The molecule has 0 unspecified atom stereocenters. The van der Waals surface area contributed by atoms with E-state index in [0.717, 1.165) is 19.5 Å². The summed E-state index contributed by atoms with van der Waals surface area (Å²) in [5.74, 6) is -0.322. The van der Waals surface area contributed by atoms with E-state index in [1.165, 1.54) is 18.2 Å². The number of nitrogens with one attached hydrogen (secondary N) is 2. The molecule has 1 atom stereocenters. The van der Waals surface area contributed by atoms with Gasteiger partial charge in [-0.1, -0.05) is 6.07 Å². The molecule has 1 aliphatic rings. The van der Waals surface area contributed by atoms with Gasteiger partial charge < -0.3 is 15.5 Å². The summed E-state index contributed by atoms with van der Waals surface area (Å²) in [5, 5.41) is 5.44. The summed E-state index contributed by atoms with van der Waals surface area (Å²) in [6, 6.07) is 5.69. The molecule has 1 aliphatic heterocycles. The minimum absolute atomic E-state index is 0.0902. The predicted molar refractivity (Wildman–Crippen MR) is 82.9 cm³/mol. The smallest absolute Gasteiger partial charge is 0.224 e. The molecular formula is C16H22FN3O2. The minimum Gasteiger partial charge on any atom is -0.356 e. The van der Waals surface area contributed by atoms with E-state index in [4.69, 9.17) is 0 Å². The topological polar surface area (TPSA) is 61.4 Å². The van der Waals surface area contributed by atoms with E-state index in [2.05, 4.69) is 22.6 Å². The Kier molecular flexibility index (Phi) is 5.89. The van der Waals surface area contributed by atoms with E-state index >= 15 is 0 Å². The molecule has 0 spiro atoms. The normalized spacial score (nSPS) is 18.2. The molecule has 1 saturated heterocycles. The van der Waals surface area contributed by atoms with Crippen LogP contribution < -0.4 is 10.6 Å². The van der Waals surface area contributed by atoms with Crippen LogP contribution in [-0.2, 0) is 9.59 Å². The number of nitrogens with zero attached hydrogens (tertiary/aromatic N) is 1. The van der Waals surface area contributed by atoms with Crippen molar-refractivity contribution in [3.05, 3.63) is 30.1 Å². The molecule has 2 rings (SSSR count). The second kappa shape index (κ2) is 7.89. The van der Waals surface area contributed by atoms with Crippen molar-refractivity contribution in [1.29, 1.82) is 0 Å². The molecule has 120 valence electrons. The van der Waals surface area contributed by atoms with Crippen molar-refractivity contribution in [2.24, 2.45) is 5.92 Å². The summed E-state index contributed by atoms with van der Waals surface area (Å²) < 4.78 is 13.0. The van der Waals surface area contributed by atoms with E-state index in [9.17, 15) is 14.0 Å². The second-order valence-electron chi connectivity index (χ2n) is 5.78. The summed E-state index contributed by atoms with van der Waals surface area (Å²) in [5.41, 5.74) is 0.402. The number of hydrogen-bond donors (Lipinski definition) is 2. The summed E-state index contributed by atoms with van der Waals surface area (Å²) in [6.07, 6.45) is 1.33. The van der Waals surface area contributed by atoms with Gasteiger partial charge in [-0.05, 0) is 44.1 Å². The van der Waals surface area contributed by atoms with Crippen LogP contribution in [0.2, 0.25) is 0 Å². The summed E-state index contributed by atoms with van der Waals surface area (Å²) >= 11 is 0. The zero-order valence-electron chi connectivity index (χ0n) is 12.8. The third-order valence-corrected chi connectivity index (χ3v) is 3.76. The summed E-state index contributed by atoms with van der Waals surface area (Å²) in [7, 11) is 2.07. The molecule has 0 aliphatic carbocycles. The Morgan fingerprint density at radius 1 is 1.32 bits per heavy atom. The van der Waals surface area contributed by atoms with Gasteiger partial charge in [-0.15, -0.1) is 0 Å². The zero-order chi connectivity index (χ0) is 15.9. The van der Waals surface area contributed by atoms with Crippen LogP contribution in [0.25, 0.3) is 0 Å². The van der Waals surface area contributed by atoms with Crippen LogP contribution >= 0.6 is 0 Å². The van der Waals surface area contributed by atoms with Crippen LogP contribution in [0.1, 0.15) is 19.3 Å². The molecule has 22 heavy (non-hydrogen) atoms. The SMILES string of the molecule is CN1CC[C@@H](CNC(=O)CCC(=O)Nc2cccc(F)c2)C1. The Hall–Kier alpha value is -1.95. The number of amides is 2. The number of likely N-dealkylation sites (tertiary alicyclic amines) is 1. The molecule has 0 radical (unpaired) electrons. The molecule has 0 aromatic heterocycles. The number of carbonyl (C=O) groups is 2. The van der Waals surface area contributed by atoms with Gasteiger partial charge in [0.15, 0.2) is 0 Å². The number of anilines is 1. The fourth-order valence-corrected chi connectivity index (χ4v) is 2.56. The molecule has 2 N–H and O–H groups in total.